The molecule has 0 spiro atoms. The second-order valence-corrected chi connectivity index (χ2v) is 8.69. The highest BCUT2D eigenvalue weighted by atomic mass is 32.1. The summed E-state index contributed by atoms with van der Waals surface area (Å²) in [4.78, 5) is 12.0. The maximum absolute atomic E-state index is 6.33. The minimum Gasteiger partial charge on any atom is -0.382 e. The molecule has 0 saturated carbocycles. The van der Waals surface area contributed by atoms with E-state index in [1.165, 1.54) is 15.8 Å². The Labute approximate surface area is 182 Å². The van der Waals surface area contributed by atoms with Gasteiger partial charge in [-0.2, -0.15) is 0 Å². The van der Waals surface area contributed by atoms with Crippen LogP contribution in [0.4, 0.5) is 5.82 Å². The molecular weight excluding hydrogens is 390 g/mol. The summed E-state index contributed by atoms with van der Waals surface area (Å²) >= 11 is 1.72. The number of unbranched alkanes of at least 4 members (excludes halogenated alkanes) is 1. The van der Waals surface area contributed by atoms with E-state index in [9.17, 15) is 0 Å². The van der Waals surface area contributed by atoms with Crippen LogP contribution in [0.15, 0.2) is 35.7 Å². The van der Waals surface area contributed by atoms with E-state index in [-0.39, 0.29) is 0 Å². The summed E-state index contributed by atoms with van der Waals surface area (Å²) < 4.78 is 3.57. The zero-order chi connectivity index (χ0) is 21.1. The molecule has 3 heterocycles. The summed E-state index contributed by atoms with van der Waals surface area (Å²) in [5.74, 6) is 1.64. The number of nitrogen functional groups attached to an aromatic ring is 1. The summed E-state index contributed by atoms with van der Waals surface area (Å²) in [5.41, 5.74) is 12.0. The Morgan fingerprint density at radius 1 is 1.03 bits per heavy atom. The normalized spacial score (nSPS) is 11.9. The van der Waals surface area contributed by atoms with Crippen LogP contribution in [0.5, 0.6) is 0 Å². The lowest BCUT2D eigenvalue weighted by Crippen LogP contribution is -2.23. The predicted molar refractivity (Wildman–Crippen MR) is 128 cm³/mol. The van der Waals surface area contributed by atoms with Gasteiger partial charge in [-0.1, -0.05) is 51.5 Å². The Bertz CT molecular complexity index is 1140. The van der Waals surface area contributed by atoms with Crippen LogP contribution in [0.1, 0.15) is 50.6 Å². The molecule has 0 aliphatic rings. The molecule has 0 aliphatic heterocycles. The van der Waals surface area contributed by atoms with Crippen LogP contribution in [0.3, 0.4) is 0 Å². The molecule has 2 N–H and O–H groups in total. The lowest BCUT2D eigenvalue weighted by atomic mass is 10.1. The summed E-state index contributed by atoms with van der Waals surface area (Å²) in [5, 5.41) is 2.09. The summed E-state index contributed by atoms with van der Waals surface area (Å²) in [6.45, 7) is 10.6. The molecule has 0 saturated heterocycles. The standard InChI is InChI=1S/C24H31N5S/c1-4-7-12-20-27-21-22(23-19(13-14-30-23)26-24(21)25)29(20)16-18-11-9-8-10-17(18)15-28(5-2)6-3/h8-11,13-14H,4-7,12,15-16H2,1-3H3,(H2,25,26). The number of fused-ring (bicyclic) bond motifs is 3. The summed E-state index contributed by atoms with van der Waals surface area (Å²) in [6, 6.07) is 10.8. The Morgan fingerprint density at radius 3 is 2.53 bits per heavy atom. The Hall–Kier alpha value is -2.44. The predicted octanol–water partition coefficient (Wildman–Crippen LogP) is 5.46. The SMILES string of the molecule is CCCCc1nc2c(N)nc3ccsc3c2n1Cc1ccccc1CN(CC)CC. The van der Waals surface area contributed by atoms with Gasteiger partial charge in [0.25, 0.3) is 0 Å². The smallest absolute Gasteiger partial charge is 0.152 e. The van der Waals surface area contributed by atoms with Crippen LogP contribution in [-0.4, -0.2) is 32.5 Å². The van der Waals surface area contributed by atoms with Crippen molar-refractivity contribution in [2.45, 2.75) is 53.1 Å². The first kappa shape index (κ1) is 20.8. The van der Waals surface area contributed by atoms with E-state index in [0.29, 0.717) is 5.82 Å². The van der Waals surface area contributed by atoms with Gasteiger partial charge in [-0.25, -0.2) is 9.97 Å². The van der Waals surface area contributed by atoms with Crippen molar-refractivity contribution >= 4 is 38.4 Å². The highest BCUT2D eigenvalue weighted by Gasteiger charge is 2.19. The number of benzene rings is 1. The van der Waals surface area contributed by atoms with Gasteiger partial charge < -0.3 is 10.3 Å². The van der Waals surface area contributed by atoms with Crippen molar-refractivity contribution in [2.24, 2.45) is 0 Å². The Morgan fingerprint density at radius 2 is 1.80 bits per heavy atom. The lowest BCUT2D eigenvalue weighted by Gasteiger charge is -2.21. The maximum atomic E-state index is 6.33. The first-order valence-corrected chi connectivity index (χ1v) is 11.8. The van der Waals surface area contributed by atoms with E-state index >= 15 is 0 Å². The molecule has 6 heteroatoms. The van der Waals surface area contributed by atoms with Gasteiger partial charge in [0, 0.05) is 19.5 Å². The van der Waals surface area contributed by atoms with Gasteiger partial charge in [-0.3, -0.25) is 4.90 Å². The van der Waals surface area contributed by atoms with E-state index in [0.717, 1.165) is 67.8 Å². The zero-order valence-corrected chi connectivity index (χ0v) is 19.0. The number of rotatable bonds is 9. The van der Waals surface area contributed by atoms with Crippen molar-refractivity contribution < 1.29 is 0 Å². The molecule has 5 nitrogen and oxygen atoms in total. The fourth-order valence-corrected chi connectivity index (χ4v) is 4.96. The number of hydrogen-bond acceptors (Lipinski definition) is 5. The fraction of sp³-hybridized carbons (Fsp3) is 0.417. The minimum atomic E-state index is 0.531. The largest absolute Gasteiger partial charge is 0.382 e. The van der Waals surface area contributed by atoms with Crippen molar-refractivity contribution in [1.82, 2.24) is 19.4 Å². The fourth-order valence-electron chi connectivity index (χ4n) is 4.08. The van der Waals surface area contributed by atoms with Crippen molar-refractivity contribution in [3.8, 4) is 0 Å². The molecule has 0 amide bonds. The molecule has 158 valence electrons. The number of aromatic nitrogens is 3. The van der Waals surface area contributed by atoms with E-state index < -0.39 is 0 Å². The average molecular weight is 422 g/mol. The molecule has 0 bridgehead atoms. The number of pyridine rings is 1. The van der Waals surface area contributed by atoms with Crippen LogP contribution in [-0.2, 0) is 19.5 Å². The highest BCUT2D eigenvalue weighted by Crippen LogP contribution is 2.33. The second-order valence-electron chi connectivity index (χ2n) is 7.78. The van der Waals surface area contributed by atoms with Gasteiger partial charge >= 0.3 is 0 Å². The first-order valence-electron chi connectivity index (χ1n) is 11.0. The number of nitrogens with zero attached hydrogens (tertiary/aromatic N) is 4. The van der Waals surface area contributed by atoms with Gasteiger partial charge in [0.15, 0.2) is 5.82 Å². The summed E-state index contributed by atoms with van der Waals surface area (Å²) in [6.07, 6.45) is 3.21. The third-order valence-corrected chi connectivity index (χ3v) is 6.79. The van der Waals surface area contributed by atoms with Gasteiger partial charge in [-0.05, 0) is 42.1 Å². The second kappa shape index (κ2) is 9.14. The van der Waals surface area contributed by atoms with Crippen LogP contribution in [0.2, 0.25) is 0 Å². The zero-order valence-electron chi connectivity index (χ0n) is 18.2. The number of hydrogen-bond donors (Lipinski definition) is 1. The molecule has 3 aromatic heterocycles. The van der Waals surface area contributed by atoms with Crippen LogP contribution in [0, 0.1) is 0 Å². The third kappa shape index (κ3) is 3.94. The molecule has 30 heavy (non-hydrogen) atoms. The van der Waals surface area contributed by atoms with Crippen LogP contribution >= 0.6 is 11.3 Å². The van der Waals surface area contributed by atoms with E-state index in [1.807, 2.05) is 6.07 Å². The van der Waals surface area contributed by atoms with Gasteiger partial charge in [0.2, 0.25) is 0 Å². The van der Waals surface area contributed by atoms with Crippen LogP contribution in [0.25, 0.3) is 21.3 Å². The van der Waals surface area contributed by atoms with Gasteiger partial charge in [0.05, 0.1) is 15.7 Å². The molecule has 0 unspecified atom stereocenters. The molecule has 0 radical (unpaired) electrons. The summed E-state index contributed by atoms with van der Waals surface area (Å²) in [7, 11) is 0. The maximum Gasteiger partial charge on any atom is 0.152 e. The Kier molecular flexibility index (Phi) is 6.35. The number of thiophene rings is 1. The molecular formula is C24H31N5S. The lowest BCUT2D eigenvalue weighted by molar-refractivity contribution is 0.295. The van der Waals surface area contributed by atoms with Crippen molar-refractivity contribution in [3.63, 3.8) is 0 Å². The number of anilines is 1. The van der Waals surface area contributed by atoms with Gasteiger partial charge in [0.1, 0.15) is 11.3 Å². The van der Waals surface area contributed by atoms with Crippen molar-refractivity contribution in [2.75, 3.05) is 18.8 Å². The van der Waals surface area contributed by atoms with Crippen molar-refractivity contribution in [3.05, 3.63) is 52.7 Å². The third-order valence-electron chi connectivity index (χ3n) is 5.88. The van der Waals surface area contributed by atoms with Crippen molar-refractivity contribution in [1.29, 1.82) is 0 Å². The molecule has 4 aromatic rings. The Balaban J connectivity index is 1.84. The number of imidazole rings is 1. The molecule has 0 fully saturated rings. The van der Waals surface area contributed by atoms with E-state index in [4.69, 9.17) is 10.7 Å². The highest BCUT2D eigenvalue weighted by molar-refractivity contribution is 7.18. The van der Waals surface area contributed by atoms with Gasteiger partial charge in [-0.15, -0.1) is 11.3 Å². The molecule has 0 atom stereocenters. The molecule has 1 aromatic carbocycles. The number of aryl methyl sites for hydroxylation is 1. The topological polar surface area (TPSA) is 60.0 Å². The minimum absolute atomic E-state index is 0.531. The van der Waals surface area contributed by atoms with E-state index in [1.54, 1.807) is 11.3 Å². The molecule has 0 aliphatic carbocycles. The first-order chi connectivity index (χ1) is 14.7. The molecule has 4 rings (SSSR count). The monoisotopic (exact) mass is 421 g/mol. The number of nitrogens with two attached hydrogens (primary N) is 1. The van der Waals surface area contributed by atoms with E-state index in [2.05, 4.69) is 64.9 Å². The quantitative estimate of drug-likeness (QED) is 0.390. The van der Waals surface area contributed by atoms with Crippen LogP contribution < -0.4 is 5.73 Å². The average Bonchev–Trinajstić information content (AvgIpc) is 3.36.